The Bertz CT molecular complexity index is 640. The van der Waals surface area contributed by atoms with E-state index in [1.54, 1.807) is 0 Å². The molecule has 0 aromatic heterocycles. The van der Waals surface area contributed by atoms with Crippen LogP contribution in [0.25, 0.3) is 0 Å². The van der Waals surface area contributed by atoms with Crippen LogP contribution in [0.5, 0.6) is 5.75 Å². The van der Waals surface area contributed by atoms with E-state index in [0.717, 1.165) is 37.8 Å². The van der Waals surface area contributed by atoms with Crippen molar-refractivity contribution < 1.29 is 9.53 Å². The van der Waals surface area contributed by atoms with Crippen molar-refractivity contribution in [2.24, 2.45) is 10.9 Å². The van der Waals surface area contributed by atoms with Gasteiger partial charge in [0.2, 0.25) is 5.91 Å². The van der Waals surface area contributed by atoms with Crippen molar-refractivity contribution in [3.63, 3.8) is 0 Å². The van der Waals surface area contributed by atoms with Crippen molar-refractivity contribution in [2.45, 2.75) is 46.3 Å². The lowest BCUT2D eigenvalue weighted by molar-refractivity contribution is -0.133. The van der Waals surface area contributed by atoms with Crippen LogP contribution in [-0.2, 0) is 4.79 Å². The first kappa shape index (κ1) is 24.8. The number of hydrogen-bond acceptors (Lipinski definition) is 3. The van der Waals surface area contributed by atoms with Crippen LogP contribution in [0.2, 0.25) is 5.02 Å². The van der Waals surface area contributed by atoms with E-state index >= 15 is 0 Å². The Morgan fingerprint density at radius 1 is 1.32 bits per heavy atom. The normalized spacial score (nSPS) is 17.9. The first-order chi connectivity index (χ1) is 12.9. The largest absolute Gasteiger partial charge is 0.489 e. The van der Waals surface area contributed by atoms with Gasteiger partial charge >= 0.3 is 0 Å². The van der Waals surface area contributed by atoms with E-state index in [2.05, 4.69) is 15.6 Å². The molecule has 1 aromatic rings. The molecule has 1 fully saturated rings. The lowest BCUT2D eigenvalue weighted by Crippen LogP contribution is -2.45. The molecule has 2 N–H and O–H groups in total. The molecule has 0 aliphatic carbocycles. The number of aliphatic imine (C=N–C) groups is 1. The molecule has 1 aliphatic heterocycles. The minimum atomic E-state index is -0.0655. The summed E-state index contributed by atoms with van der Waals surface area (Å²) in [6, 6.07) is 7.54. The Morgan fingerprint density at radius 2 is 2.00 bits per heavy atom. The van der Waals surface area contributed by atoms with Gasteiger partial charge in [0.15, 0.2) is 5.96 Å². The molecule has 1 saturated heterocycles. The number of hydrogen-bond donors (Lipinski definition) is 2. The molecule has 0 bridgehead atoms. The van der Waals surface area contributed by atoms with Crippen LogP contribution in [0, 0.1) is 5.92 Å². The van der Waals surface area contributed by atoms with Crippen molar-refractivity contribution in [3.8, 4) is 5.75 Å². The van der Waals surface area contributed by atoms with Crippen LogP contribution in [0.3, 0.4) is 0 Å². The lowest BCUT2D eigenvalue weighted by Gasteiger charge is -2.21. The molecule has 28 heavy (non-hydrogen) atoms. The fourth-order valence-electron chi connectivity index (χ4n) is 2.96. The number of carbonyl (C=O) groups is 1. The van der Waals surface area contributed by atoms with Crippen molar-refractivity contribution >= 4 is 47.4 Å². The highest BCUT2D eigenvalue weighted by Gasteiger charge is 2.27. The van der Waals surface area contributed by atoms with Crippen molar-refractivity contribution in [1.82, 2.24) is 15.5 Å². The second-order valence-electron chi connectivity index (χ2n) is 7.17. The van der Waals surface area contributed by atoms with Crippen LogP contribution in [0.1, 0.15) is 34.1 Å². The van der Waals surface area contributed by atoms with Gasteiger partial charge in [-0.25, -0.2) is 4.99 Å². The molecule has 2 unspecified atom stereocenters. The Morgan fingerprint density at radius 3 is 2.61 bits per heavy atom. The van der Waals surface area contributed by atoms with E-state index in [0.29, 0.717) is 11.6 Å². The zero-order valence-corrected chi connectivity index (χ0v) is 20.2. The summed E-state index contributed by atoms with van der Waals surface area (Å²) in [5.41, 5.74) is 0. The summed E-state index contributed by atoms with van der Waals surface area (Å²) >= 11 is 5.90. The first-order valence-electron chi connectivity index (χ1n) is 9.65. The topological polar surface area (TPSA) is 66.0 Å². The predicted octanol–water partition coefficient (Wildman–Crippen LogP) is 3.54. The van der Waals surface area contributed by atoms with Gasteiger partial charge in [-0.05, 0) is 44.5 Å². The van der Waals surface area contributed by atoms with Gasteiger partial charge in [-0.2, -0.15) is 0 Å². The summed E-state index contributed by atoms with van der Waals surface area (Å²) in [6.45, 7) is 10.7. The Hall–Kier alpha value is -1.22. The van der Waals surface area contributed by atoms with Gasteiger partial charge in [-0.3, -0.25) is 4.79 Å². The molecule has 2 rings (SSSR count). The molecular formula is C20H32ClIN4O2. The first-order valence-corrected chi connectivity index (χ1v) is 10.0. The maximum atomic E-state index is 12.1. The highest BCUT2D eigenvalue weighted by atomic mass is 127. The van der Waals surface area contributed by atoms with E-state index < -0.39 is 0 Å². The number of halogens is 2. The average Bonchev–Trinajstić information content (AvgIpc) is 3.09. The molecule has 1 heterocycles. The third-order valence-corrected chi connectivity index (χ3v) is 4.59. The van der Waals surface area contributed by atoms with Crippen LogP contribution in [0.15, 0.2) is 29.3 Å². The van der Waals surface area contributed by atoms with Gasteiger partial charge in [-0.15, -0.1) is 24.0 Å². The van der Waals surface area contributed by atoms with Gasteiger partial charge in [-0.1, -0.05) is 25.4 Å². The van der Waals surface area contributed by atoms with Crippen LogP contribution in [-0.4, -0.2) is 55.1 Å². The second-order valence-corrected chi connectivity index (χ2v) is 7.61. The van der Waals surface area contributed by atoms with Gasteiger partial charge in [0.25, 0.3) is 0 Å². The summed E-state index contributed by atoms with van der Waals surface area (Å²) in [6.07, 6.45) is 0.865. The second kappa shape index (κ2) is 12.4. The van der Waals surface area contributed by atoms with E-state index in [1.807, 2.05) is 56.9 Å². The van der Waals surface area contributed by atoms with Gasteiger partial charge in [0, 0.05) is 36.6 Å². The van der Waals surface area contributed by atoms with Gasteiger partial charge in [0.05, 0.1) is 6.54 Å². The summed E-state index contributed by atoms with van der Waals surface area (Å²) < 4.78 is 5.87. The standard InChI is InChI=1S/C20H31ClN4O2.HI/c1-5-22-20(24-17-10-11-25(13-17)19(26)14(2)3)23-12-15(4)27-18-8-6-16(21)7-9-18;/h6-9,14-15,17H,5,10-13H2,1-4H3,(H2,22,23,24);1H. The maximum absolute atomic E-state index is 12.1. The predicted molar refractivity (Wildman–Crippen MR) is 126 cm³/mol. The number of carbonyl (C=O) groups excluding carboxylic acids is 1. The highest BCUT2D eigenvalue weighted by molar-refractivity contribution is 14.0. The molecular weight excluding hydrogens is 491 g/mol. The summed E-state index contributed by atoms with van der Waals surface area (Å²) in [4.78, 5) is 18.7. The lowest BCUT2D eigenvalue weighted by atomic mass is 10.2. The molecule has 1 amide bonds. The average molecular weight is 523 g/mol. The molecule has 1 aliphatic rings. The molecule has 158 valence electrons. The summed E-state index contributed by atoms with van der Waals surface area (Å²) in [5.74, 6) is 1.79. The molecule has 6 nitrogen and oxygen atoms in total. The van der Waals surface area contributed by atoms with Crippen LogP contribution >= 0.6 is 35.6 Å². The van der Waals surface area contributed by atoms with E-state index in [4.69, 9.17) is 16.3 Å². The molecule has 0 saturated carbocycles. The number of nitrogens with one attached hydrogen (secondary N) is 2. The van der Waals surface area contributed by atoms with Crippen molar-refractivity contribution in [1.29, 1.82) is 0 Å². The number of likely N-dealkylation sites (tertiary alicyclic amines) is 1. The monoisotopic (exact) mass is 522 g/mol. The summed E-state index contributed by atoms with van der Waals surface area (Å²) in [7, 11) is 0. The van der Waals surface area contributed by atoms with Gasteiger partial charge in [0.1, 0.15) is 11.9 Å². The number of rotatable bonds is 7. The number of benzene rings is 1. The molecule has 8 heteroatoms. The molecule has 1 aromatic carbocycles. The van der Waals surface area contributed by atoms with E-state index in [1.165, 1.54) is 0 Å². The summed E-state index contributed by atoms with van der Waals surface area (Å²) in [5, 5.41) is 7.39. The van der Waals surface area contributed by atoms with Gasteiger partial charge < -0.3 is 20.3 Å². The number of guanidine groups is 1. The fraction of sp³-hybridized carbons (Fsp3) is 0.600. The fourth-order valence-corrected chi connectivity index (χ4v) is 3.09. The smallest absolute Gasteiger partial charge is 0.225 e. The van der Waals surface area contributed by atoms with E-state index in [-0.39, 0.29) is 47.9 Å². The SMILES string of the molecule is CCNC(=NCC(C)Oc1ccc(Cl)cc1)NC1CCN(C(=O)C(C)C)C1.I. The van der Waals surface area contributed by atoms with E-state index in [9.17, 15) is 4.79 Å². The van der Waals surface area contributed by atoms with Crippen LogP contribution < -0.4 is 15.4 Å². The Labute approximate surface area is 190 Å². The third kappa shape index (κ3) is 8.03. The van der Waals surface area contributed by atoms with Crippen molar-refractivity contribution in [3.05, 3.63) is 29.3 Å². The molecule has 2 atom stereocenters. The Kier molecular flexibility index (Phi) is 11.0. The molecule has 0 spiro atoms. The number of amides is 1. The number of ether oxygens (including phenoxy) is 1. The minimum Gasteiger partial charge on any atom is -0.489 e. The third-order valence-electron chi connectivity index (χ3n) is 4.34. The zero-order valence-electron chi connectivity index (χ0n) is 17.1. The zero-order chi connectivity index (χ0) is 19.8. The highest BCUT2D eigenvalue weighted by Crippen LogP contribution is 2.17. The van der Waals surface area contributed by atoms with Crippen molar-refractivity contribution in [2.75, 3.05) is 26.2 Å². The quantitative estimate of drug-likeness (QED) is 0.327. The maximum Gasteiger partial charge on any atom is 0.225 e. The Balaban J connectivity index is 0.00000392. The molecule has 0 radical (unpaired) electrons. The van der Waals surface area contributed by atoms with Crippen LogP contribution in [0.4, 0.5) is 0 Å². The number of nitrogens with zero attached hydrogens (tertiary/aromatic N) is 2. The minimum absolute atomic E-state index is 0.